The van der Waals surface area contributed by atoms with Crippen LogP contribution in [0.1, 0.15) is 5.69 Å². The molecule has 0 unspecified atom stereocenters. The Morgan fingerprint density at radius 2 is 1.62 bits per heavy atom. The molecule has 4 rings (SSSR count). The fraction of sp³-hybridized carbons (Fsp3) is 0.143. The number of sulfone groups is 1. The number of aromatic nitrogens is 3. The van der Waals surface area contributed by atoms with Gasteiger partial charge in [-0.05, 0) is 36.8 Å². The molecule has 29 heavy (non-hydrogen) atoms. The van der Waals surface area contributed by atoms with Crippen molar-refractivity contribution < 1.29 is 17.5 Å². The molecule has 6 nitrogen and oxygen atoms in total. The highest BCUT2D eigenvalue weighted by atomic mass is 32.2. The first-order valence-corrected chi connectivity index (χ1v) is 10.7. The van der Waals surface area contributed by atoms with Crippen molar-refractivity contribution in [2.45, 2.75) is 11.8 Å². The molecule has 4 aromatic rings. The maximum Gasteiger partial charge on any atom is 0.217 e. The molecule has 0 spiro atoms. The lowest BCUT2D eigenvalue weighted by Gasteiger charge is -2.06. The number of nitrogens with zero attached hydrogens (tertiary/aromatic N) is 3. The number of halogens is 1. The topological polar surface area (TPSA) is 73.6 Å². The lowest BCUT2D eigenvalue weighted by molar-refractivity contribution is 0.384. The van der Waals surface area contributed by atoms with Gasteiger partial charge in [-0.2, -0.15) is 9.61 Å². The van der Waals surface area contributed by atoms with Gasteiger partial charge in [-0.15, -0.1) is 0 Å². The Labute approximate surface area is 167 Å². The molecule has 2 aromatic heterocycles. The standard InChI is InChI=1S/C21H18FN3O3S/c1-13-12-18(28-2)25-21(23-13)19(14-4-8-16(22)9-5-14)20(24-25)15-6-10-17(11-7-15)29(3,26)27/h4-12H,1-3H3. The molecule has 0 aliphatic carbocycles. The largest absolute Gasteiger partial charge is 0.481 e. The van der Waals surface area contributed by atoms with Crippen molar-refractivity contribution in [3.05, 3.63) is 66.1 Å². The molecule has 0 N–H and O–H groups in total. The zero-order valence-corrected chi connectivity index (χ0v) is 16.9. The molecule has 0 fully saturated rings. The van der Waals surface area contributed by atoms with Crippen LogP contribution in [0.25, 0.3) is 28.0 Å². The van der Waals surface area contributed by atoms with E-state index in [2.05, 4.69) is 10.1 Å². The first-order valence-electron chi connectivity index (χ1n) is 8.79. The molecular formula is C21H18FN3O3S. The van der Waals surface area contributed by atoms with E-state index < -0.39 is 9.84 Å². The molecule has 0 aliphatic rings. The SMILES string of the molecule is COc1cc(C)nc2c(-c3ccc(F)cc3)c(-c3ccc(S(C)(=O)=O)cc3)nn12. The summed E-state index contributed by atoms with van der Waals surface area (Å²) in [5.74, 6) is 0.167. The molecule has 0 aliphatic heterocycles. The Hall–Kier alpha value is -3.26. The van der Waals surface area contributed by atoms with Gasteiger partial charge in [0.05, 0.1) is 17.6 Å². The van der Waals surface area contributed by atoms with Crippen molar-refractivity contribution in [2.24, 2.45) is 0 Å². The highest BCUT2D eigenvalue weighted by molar-refractivity contribution is 7.90. The van der Waals surface area contributed by atoms with Crippen LogP contribution < -0.4 is 4.74 Å². The molecule has 0 radical (unpaired) electrons. The number of ether oxygens (including phenoxy) is 1. The van der Waals surface area contributed by atoms with Crippen LogP contribution >= 0.6 is 0 Å². The van der Waals surface area contributed by atoms with Crippen molar-refractivity contribution in [3.63, 3.8) is 0 Å². The van der Waals surface area contributed by atoms with Gasteiger partial charge in [-0.25, -0.2) is 17.8 Å². The maximum atomic E-state index is 13.5. The predicted octanol–water partition coefficient (Wildman–Crippen LogP) is 3.92. The summed E-state index contributed by atoms with van der Waals surface area (Å²) in [5.41, 5.74) is 4.06. The third-order valence-corrected chi connectivity index (χ3v) is 5.71. The number of hydrogen-bond acceptors (Lipinski definition) is 5. The van der Waals surface area contributed by atoms with Crippen molar-refractivity contribution in [2.75, 3.05) is 13.4 Å². The fourth-order valence-corrected chi connectivity index (χ4v) is 3.83. The average Bonchev–Trinajstić information content (AvgIpc) is 3.06. The zero-order valence-electron chi connectivity index (χ0n) is 16.0. The number of fused-ring (bicyclic) bond motifs is 1. The number of hydrogen-bond donors (Lipinski definition) is 0. The highest BCUT2D eigenvalue weighted by Crippen LogP contribution is 2.36. The minimum Gasteiger partial charge on any atom is -0.481 e. The van der Waals surface area contributed by atoms with Gasteiger partial charge in [-0.3, -0.25) is 0 Å². The first-order chi connectivity index (χ1) is 13.8. The summed E-state index contributed by atoms with van der Waals surface area (Å²) >= 11 is 0. The summed E-state index contributed by atoms with van der Waals surface area (Å²) in [6.45, 7) is 1.85. The van der Waals surface area contributed by atoms with Gasteiger partial charge in [0.2, 0.25) is 5.88 Å². The van der Waals surface area contributed by atoms with Crippen LogP contribution in [-0.2, 0) is 9.84 Å². The molecule has 0 saturated carbocycles. The number of methoxy groups -OCH3 is 1. The molecule has 8 heteroatoms. The van der Waals surface area contributed by atoms with Crippen LogP contribution in [0.2, 0.25) is 0 Å². The van der Waals surface area contributed by atoms with Crippen molar-refractivity contribution >= 4 is 15.5 Å². The van der Waals surface area contributed by atoms with Crippen molar-refractivity contribution in [1.82, 2.24) is 14.6 Å². The van der Waals surface area contributed by atoms with E-state index in [-0.39, 0.29) is 10.7 Å². The van der Waals surface area contributed by atoms with Gasteiger partial charge in [0.1, 0.15) is 11.5 Å². The van der Waals surface area contributed by atoms with Gasteiger partial charge in [-0.1, -0.05) is 24.3 Å². The Morgan fingerprint density at radius 3 is 2.21 bits per heavy atom. The normalized spacial score (nSPS) is 11.7. The fourth-order valence-electron chi connectivity index (χ4n) is 3.20. The number of benzene rings is 2. The van der Waals surface area contributed by atoms with Crippen LogP contribution in [0.3, 0.4) is 0 Å². The minimum atomic E-state index is -3.31. The third kappa shape index (κ3) is 3.47. The predicted molar refractivity (Wildman–Crippen MR) is 108 cm³/mol. The molecule has 0 saturated heterocycles. The molecule has 2 aromatic carbocycles. The van der Waals surface area contributed by atoms with E-state index in [1.165, 1.54) is 12.1 Å². The Kier molecular flexibility index (Phi) is 4.58. The van der Waals surface area contributed by atoms with E-state index in [1.807, 2.05) is 6.92 Å². The monoisotopic (exact) mass is 411 g/mol. The van der Waals surface area contributed by atoms with Crippen LogP contribution in [-0.4, -0.2) is 36.4 Å². The number of rotatable bonds is 4. The van der Waals surface area contributed by atoms with E-state index in [1.54, 1.807) is 54.1 Å². The second-order valence-corrected chi connectivity index (χ2v) is 8.72. The van der Waals surface area contributed by atoms with Gasteiger partial charge in [0.25, 0.3) is 0 Å². The summed E-state index contributed by atoms with van der Waals surface area (Å²) < 4.78 is 44.1. The molecule has 0 bridgehead atoms. The van der Waals surface area contributed by atoms with E-state index in [0.29, 0.717) is 28.3 Å². The summed E-state index contributed by atoms with van der Waals surface area (Å²) in [6, 6.07) is 14.3. The van der Waals surface area contributed by atoms with E-state index in [9.17, 15) is 12.8 Å². The van der Waals surface area contributed by atoms with Gasteiger partial charge in [0, 0.05) is 23.6 Å². The third-order valence-electron chi connectivity index (χ3n) is 4.58. The second kappa shape index (κ2) is 6.97. The first kappa shape index (κ1) is 19.1. The molecule has 2 heterocycles. The minimum absolute atomic E-state index is 0.222. The van der Waals surface area contributed by atoms with Gasteiger partial charge in [0.15, 0.2) is 15.5 Å². The number of aryl methyl sites for hydroxylation is 1. The van der Waals surface area contributed by atoms with E-state index >= 15 is 0 Å². The van der Waals surface area contributed by atoms with Crippen LogP contribution in [0.5, 0.6) is 5.88 Å². The highest BCUT2D eigenvalue weighted by Gasteiger charge is 2.21. The molecule has 148 valence electrons. The Balaban J connectivity index is 2.02. The molecule has 0 amide bonds. The van der Waals surface area contributed by atoms with Gasteiger partial charge >= 0.3 is 0 Å². The quantitative estimate of drug-likeness (QED) is 0.509. The van der Waals surface area contributed by atoms with Crippen LogP contribution in [0.4, 0.5) is 4.39 Å². The molecule has 0 atom stereocenters. The summed E-state index contributed by atoms with van der Waals surface area (Å²) in [7, 11) is -1.76. The summed E-state index contributed by atoms with van der Waals surface area (Å²) in [6.07, 6.45) is 1.16. The average molecular weight is 411 g/mol. The van der Waals surface area contributed by atoms with Crippen molar-refractivity contribution in [1.29, 1.82) is 0 Å². The smallest absolute Gasteiger partial charge is 0.217 e. The van der Waals surface area contributed by atoms with E-state index in [4.69, 9.17) is 4.74 Å². The van der Waals surface area contributed by atoms with E-state index in [0.717, 1.165) is 17.5 Å². The summed E-state index contributed by atoms with van der Waals surface area (Å²) in [5, 5.41) is 4.67. The second-order valence-electron chi connectivity index (χ2n) is 6.70. The van der Waals surface area contributed by atoms with Crippen LogP contribution in [0.15, 0.2) is 59.5 Å². The van der Waals surface area contributed by atoms with Crippen molar-refractivity contribution in [3.8, 4) is 28.3 Å². The lowest BCUT2D eigenvalue weighted by atomic mass is 10.0. The lowest BCUT2D eigenvalue weighted by Crippen LogP contribution is -1.99. The summed E-state index contributed by atoms with van der Waals surface area (Å²) in [4.78, 5) is 4.84. The maximum absolute atomic E-state index is 13.5. The Bertz CT molecular complexity index is 1310. The molecular weight excluding hydrogens is 393 g/mol. The zero-order chi connectivity index (χ0) is 20.8. The van der Waals surface area contributed by atoms with Crippen LogP contribution in [0, 0.1) is 12.7 Å². The van der Waals surface area contributed by atoms with Gasteiger partial charge < -0.3 is 4.74 Å². The Morgan fingerprint density at radius 1 is 1.00 bits per heavy atom.